The highest BCUT2D eigenvalue weighted by atomic mass is 35.5. The highest BCUT2D eigenvalue weighted by Crippen LogP contribution is 2.30. The van der Waals surface area contributed by atoms with Gasteiger partial charge in [0.25, 0.3) is 0 Å². The summed E-state index contributed by atoms with van der Waals surface area (Å²) >= 11 is 5.92. The van der Waals surface area contributed by atoms with Crippen molar-refractivity contribution in [3.63, 3.8) is 0 Å². The van der Waals surface area contributed by atoms with Crippen LogP contribution in [0.15, 0.2) is 47.4 Å². The fraction of sp³-hybridized carbons (Fsp3) is 0.125. The van der Waals surface area contributed by atoms with Gasteiger partial charge in [-0.25, -0.2) is 13.1 Å². The number of benzene rings is 2. The molecule has 8 heteroatoms. The lowest BCUT2D eigenvalue weighted by molar-refractivity contribution is -0.115. The van der Waals surface area contributed by atoms with Crippen LogP contribution >= 0.6 is 11.6 Å². The fourth-order valence-corrected chi connectivity index (χ4v) is 3.05. The van der Waals surface area contributed by atoms with Gasteiger partial charge in [-0.3, -0.25) is 4.79 Å². The van der Waals surface area contributed by atoms with Crippen LogP contribution in [0.4, 0.5) is 0 Å². The van der Waals surface area contributed by atoms with E-state index in [0.29, 0.717) is 5.75 Å². The quantitative estimate of drug-likeness (QED) is 0.850. The van der Waals surface area contributed by atoms with E-state index in [1.165, 1.54) is 31.2 Å². The SMILES string of the molecule is CC(=O)CNS(=O)(=O)c1ccc(Oc2cccc(Cl)c2C#N)cc1. The molecule has 124 valence electrons. The molecule has 0 fully saturated rings. The van der Waals surface area contributed by atoms with E-state index in [0.717, 1.165) is 0 Å². The second-order valence-electron chi connectivity index (χ2n) is 4.82. The largest absolute Gasteiger partial charge is 0.456 e. The molecule has 2 aromatic rings. The molecular weight excluding hydrogens is 352 g/mol. The number of hydrogen-bond acceptors (Lipinski definition) is 5. The molecule has 0 amide bonds. The number of Topliss-reactive ketones (excluding diaryl/α,β-unsaturated/α-hetero) is 1. The maximum absolute atomic E-state index is 12.0. The molecule has 0 spiro atoms. The Hall–Kier alpha value is -2.40. The lowest BCUT2D eigenvalue weighted by atomic mass is 10.2. The lowest BCUT2D eigenvalue weighted by Gasteiger charge is -2.09. The Bertz CT molecular complexity index is 903. The molecule has 2 aromatic carbocycles. The molecule has 2 rings (SSSR count). The lowest BCUT2D eigenvalue weighted by Crippen LogP contribution is -2.28. The predicted molar refractivity (Wildman–Crippen MR) is 88.6 cm³/mol. The molecule has 1 N–H and O–H groups in total. The van der Waals surface area contributed by atoms with Crippen LogP contribution in [0.3, 0.4) is 0 Å². The minimum absolute atomic E-state index is 0.00250. The first-order chi connectivity index (χ1) is 11.3. The molecule has 0 saturated heterocycles. The zero-order valence-electron chi connectivity index (χ0n) is 12.6. The molecule has 0 unspecified atom stereocenters. The average molecular weight is 365 g/mol. The van der Waals surface area contributed by atoms with Gasteiger partial charge in [0.05, 0.1) is 16.5 Å². The van der Waals surface area contributed by atoms with E-state index in [1.807, 2.05) is 6.07 Å². The van der Waals surface area contributed by atoms with Gasteiger partial charge in [-0.1, -0.05) is 17.7 Å². The van der Waals surface area contributed by atoms with E-state index in [9.17, 15) is 13.2 Å². The molecule has 24 heavy (non-hydrogen) atoms. The van der Waals surface area contributed by atoms with Crippen molar-refractivity contribution in [2.45, 2.75) is 11.8 Å². The van der Waals surface area contributed by atoms with Crippen LogP contribution in [-0.4, -0.2) is 20.7 Å². The van der Waals surface area contributed by atoms with Crippen molar-refractivity contribution < 1.29 is 17.9 Å². The Kier molecular flexibility index (Phi) is 5.57. The predicted octanol–water partition coefficient (Wildman–Crippen LogP) is 2.87. The van der Waals surface area contributed by atoms with Gasteiger partial charge in [-0.05, 0) is 43.3 Å². The summed E-state index contributed by atoms with van der Waals surface area (Å²) in [4.78, 5) is 10.9. The fourth-order valence-electron chi connectivity index (χ4n) is 1.79. The summed E-state index contributed by atoms with van der Waals surface area (Å²) in [5, 5.41) is 9.37. The van der Waals surface area contributed by atoms with E-state index in [1.54, 1.807) is 18.2 Å². The van der Waals surface area contributed by atoms with Crippen molar-refractivity contribution in [1.29, 1.82) is 5.26 Å². The first-order valence-corrected chi connectivity index (χ1v) is 8.65. The molecule has 0 radical (unpaired) electrons. The van der Waals surface area contributed by atoms with E-state index in [2.05, 4.69) is 4.72 Å². The van der Waals surface area contributed by atoms with Gasteiger partial charge in [-0.2, -0.15) is 5.26 Å². The van der Waals surface area contributed by atoms with Crippen molar-refractivity contribution in [3.8, 4) is 17.6 Å². The second kappa shape index (κ2) is 7.45. The van der Waals surface area contributed by atoms with Crippen LogP contribution in [-0.2, 0) is 14.8 Å². The summed E-state index contributed by atoms with van der Waals surface area (Å²) in [7, 11) is -3.76. The van der Waals surface area contributed by atoms with E-state index in [-0.39, 0.29) is 33.6 Å². The molecule has 0 bridgehead atoms. The number of nitrogens with zero attached hydrogens (tertiary/aromatic N) is 1. The Balaban J connectivity index is 2.21. The summed E-state index contributed by atoms with van der Waals surface area (Å²) in [5.74, 6) is 0.332. The molecule has 0 heterocycles. The van der Waals surface area contributed by atoms with Gasteiger partial charge < -0.3 is 4.74 Å². The van der Waals surface area contributed by atoms with Gasteiger partial charge in [0.15, 0.2) is 0 Å². The molecule has 0 aliphatic carbocycles. The topological polar surface area (TPSA) is 96.3 Å². The smallest absolute Gasteiger partial charge is 0.240 e. The molecular formula is C16H13ClN2O4S. The third kappa shape index (κ3) is 4.32. The Morgan fingerprint density at radius 3 is 2.50 bits per heavy atom. The van der Waals surface area contributed by atoms with E-state index < -0.39 is 10.0 Å². The number of ketones is 1. The number of nitrogens with one attached hydrogen (secondary N) is 1. The van der Waals surface area contributed by atoms with Gasteiger partial charge in [0.2, 0.25) is 10.0 Å². The van der Waals surface area contributed by atoms with E-state index >= 15 is 0 Å². The summed E-state index contributed by atoms with van der Waals surface area (Å²) in [5.41, 5.74) is 0.194. The number of nitriles is 1. The molecule has 6 nitrogen and oxygen atoms in total. The van der Waals surface area contributed by atoms with Gasteiger partial charge >= 0.3 is 0 Å². The minimum Gasteiger partial charge on any atom is -0.456 e. The van der Waals surface area contributed by atoms with Crippen molar-refractivity contribution in [3.05, 3.63) is 53.1 Å². The van der Waals surface area contributed by atoms with Crippen molar-refractivity contribution in [2.75, 3.05) is 6.54 Å². The number of hydrogen-bond donors (Lipinski definition) is 1. The third-order valence-electron chi connectivity index (χ3n) is 2.96. The van der Waals surface area contributed by atoms with Crippen LogP contribution in [0, 0.1) is 11.3 Å². The standard InChI is InChI=1S/C16H13ClN2O4S/c1-11(20)10-19-24(21,22)13-7-5-12(6-8-13)23-16-4-2-3-15(17)14(16)9-18/h2-8,19H,10H2,1H3. The van der Waals surface area contributed by atoms with Gasteiger partial charge in [0, 0.05) is 0 Å². The summed E-state index contributed by atoms with van der Waals surface area (Å²) in [6.45, 7) is 1.02. The van der Waals surface area contributed by atoms with Crippen molar-refractivity contribution >= 4 is 27.4 Å². The number of carbonyl (C=O) groups excluding carboxylic acids is 1. The summed E-state index contributed by atoms with van der Waals surface area (Å²) in [6, 6.07) is 12.3. The first kappa shape index (κ1) is 17.9. The number of halogens is 1. The normalized spacial score (nSPS) is 10.9. The second-order valence-corrected chi connectivity index (χ2v) is 7.00. The van der Waals surface area contributed by atoms with Crippen molar-refractivity contribution in [2.24, 2.45) is 0 Å². The number of carbonyl (C=O) groups is 1. The molecule has 0 aromatic heterocycles. The zero-order chi connectivity index (χ0) is 17.7. The van der Waals surface area contributed by atoms with Crippen LogP contribution in [0.25, 0.3) is 0 Å². The average Bonchev–Trinajstić information content (AvgIpc) is 2.54. The Morgan fingerprint density at radius 2 is 1.92 bits per heavy atom. The van der Waals surface area contributed by atoms with Gasteiger partial charge in [-0.15, -0.1) is 0 Å². The highest BCUT2D eigenvalue weighted by molar-refractivity contribution is 7.89. The van der Waals surface area contributed by atoms with E-state index in [4.69, 9.17) is 21.6 Å². The number of rotatable bonds is 6. The summed E-state index contributed by atoms with van der Waals surface area (Å²) in [6.07, 6.45) is 0. The zero-order valence-corrected chi connectivity index (χ0v) is 14.2. The third-order valence-corrected chi connectivity index (χ3v) is 4.69. The maximum atomic E-state index is 12.0. The Labute approximate surface area is 144 Å². The van der Waals surface area contributed by atoms with Crippen LogP contribution < -0.4 is 9.46 Å². The Morgan fingerprint density at radius 1 is 1.25 bits per heavy atom. The van der Waals surface area contributed by atoms with Crippen LogP contribution in [0.5, 0.6) is 11.5 Å². The maximum Gasteiger partial charge on any atom is 0.240 e. The molecule has 0 atom stereocenters. The van der Waals surface area contributed by atoms with Gasteiger partial charge in [0.1, 0.15) is 28.9 Å². The van der Waals surface area contributed by atoms with Crippen LogP contribution in [0.2, 0.25) is 5.02 Å². The van der Waals surface area contributed by atoms with Crippen LogP contribution in [0.1, 0.15) is 12.5 Å². The highest BCUT2D eigenvalue weighted by Gasteiger charge is 2.15. The van der Waals surface area contributed by atoms with Crippen molar-refractivity contribution in [1.82, 2.24) is 4.72 Å². The number of ether oxygens (including phenoxy) is 1. The number of sulfonamides is 1. The summed E-state index contributed by atoms with van der Waals surface area (Å²) < 4.78 is 31.7. The molecule has 0 aliphatic heterocycles. The monoisotopic (exact) mass is 364 g/mol. The minimum atomic E-state index is -3.76. The first-order valence-electron chi connectivity index (χ1n) is 6.79. The molecule has 0 aliphatic rings. The molecule has 0 saturated carbocycles.